The summed E-state index contributed by atoms with van der Waals surface area (Å²) >= 11 is 1.83. The predicted octanol–water partition coefficient (Wildman–Crippen LogP) is 38.1. The molecule has 3 aromatic carbocycles. The average molecular weight is 2010 g/mol. The van der Waals surface area contributed by atoms with Crippen LogP contribution in [0.15, 0.2) is 216 Å². The summed E-state index contributed by atoms with van der Waals surface area (Å²) in [5, 5.41) is 5.94. The second kappa shape index (κ2) is 59.1. The van der Waals surface area contributed by atoms with Gasteiger partial charge in [0, 0.05) is 124 Å². The number of ketones is 1. The minimum absolute atomic E-state index is 0.0962. The van der Waals surface area contributed by atoms with Crippen molar-refractivity contribution in [3.63, 3.8) is 0 Å². The molecule has 10 heterocycles. The van der Waals surface area contributed by atoms with Crippen LogP contribution in [0.1, 0.15) is 445 Å². The van der Waals surface area contributed by atoms with Gasteiger partial charge in [-0.25, -0.2) is 4.98 Å². The first-order chi connectivity index (χ1) is 65.7. The van der Waals surface area contributed by atoms with Gasteiger partial charge in [-0.05, 0) is 250 Å². The lowest BCUT2D eigenvalue weighted by molar-refractivity contribution is -0.126. The number of aromatic nitrogens is 9. The van der Waals surface area contributed by atoms with E-state index < -0.39 is 0 Å². The number of furan rings is 1. The maximum Gasteiger partial charge on any atom is 0.138 e. The Morgan fingerprint density at radius 2 is 0.903 bits per heavy atom. The number of nitrogens with zero attached hydrogens (tertiary/aromatic N) is 8. The summed E-state index contributed by atoms with van der Waals surface area (Å²) in [7, 11) is 0. The third kappa shape index (κ3) is 55.5. The van der Waals surface area contributed by atoms with Crippen molar-refractivity contribution in [1.29, 1.82) is 0 Å². The molecule has 0 radical (unpaired) electrons. The van der Waals surface area contributed by atoms with Gasteiger partial charge in [0.15, 0.2) is 0 Å². The van der Waals surface area contributed by atoms with Crippen molar-refractivity contribution in [2.75, 3.05) is 6.61 Å². The summed E-state index contributed by atoms with van der Waals surface area (Å²) < 4.78 is 15.4. The van der Waals surface area contributed by atoms with E-state index in [9.17, 15) is 4.79 Å². The van der Waals surface area contributed by atoms with Crippen LogP contribution in [-0.4, -0.2) is 63.5 Å². The third-order valence-electron chi connectivity index (χ3n) is 25.8. The third-order valence-corrected chi connectivity index (χ3v) is 27.1. The van der Waals surface area contributed by atoms with E-state index in [1.807, 2.05) is 143 Å². The number of carbonyl (C=O) groups is 1. The Kier molecular flexibility index (Phi) is 55.3. The molecule has 0 saturated carbocycles. The molecule has 145 heavy (non-hydrogen) atoms. The fourth-order valence-electron chi connectivity index (χ4n) is 12.7. The number of fused-ring (bicyclic) bond motifs is 1. The Balaban J connectivity index is 0.00000155. The molecule has 0 aliphatic carbocycles. The smallest absolute Gasteiger partial charge is 0.138 e. The maximum absolute atomic E-state index is 11.6. The van der Waals surface area contributed by atoms with Gasteiger partial charge in [-0.15, -0.1) is 11.3 Å². The van der Waals surface area contributed by atoms with E-state index in [0.29, 0.717) is 45.4 Å². The van der Waals surface area contributed by atoms with E-state index in [0.717, 1.165) is 64.3 Å². The van der Waals surface area contributed by atoms with Crippen LogP contribution < -0.4 is 0 Å². The first-order valence-corrected chi connectivity index (χ1v) is 53.7. The Bertz CT molecular complexity index is 5070. The lowest BCUT2D eigenvalue weighted by Gasteiger charge is -2.34. The zero-order valence-corrected chi connectivity index (χ0v) is 103. The minimum Gasteiger partial charge on any atom is -0.469 e. The molecule has 1 aliphatic rings. The number of rotatable bonds is 3. The summed E-state index contributed by atoms with van der Waals surface area (Å²) in [5.41, 5.74) is 25.3. The topological polar surface area (TPSA) is 171 Å². The monoisotopic (exact) mass is 2000 g/mol. The number of ether oxygens (including phenoxy) is 1. The van der Waals surface area contributed by atoms with Crippen molar-refractivity contribution in [2.24, 2.45) is 33.0 Å². The zero-order chi connectivity index (χ0) is 113. The number of benzene rings is 3. The van der Waals surface area contributed by atoms with Gasteiger partial charge in [0.25, 0.3) is 0 Å². The molecule has 1 N–H and O–H groups in total. The summed E-state index contributed by atoms with van der Waals surface area (Å²) in [6, 6.07) is 44.8. The number of pyridine rings is 4. The highest BCUT2D eigenvalue weighted by Gasteiger charge is 2.31. The van der Waals surface area contributed by atoms with E-state index in [-0.39, 0.29) is 54.1 Å². The Labute approximate surface area is 892 Å². The molecule has 1 atom stereocenters. The van der Waals surface area contributed by atoms with E-state index in [2.05, 4.69) is 457 Å². The van der Waals surface area contributed by atoms with Crippen molar-refractivity contribution in [2.45, 2.75) is 460 Å². The number of carbonyl (C=O) groups excluding carboxylic acids is 1. The molecule has 808 valence electrons. The normalized spacial score (nSPS) is 13.0. The molecule has 0 spiro atoms. The van der Waals surface area contributed by atoms with Gasteiger partial charge in [0.05, 0.1) is 34.8 Å². The quantitative estimate of drug-likeness (QED) is 0.178. The second-order valence-corrected chi connectivity index (χ2v) is 55.3. The number of aromatic amines is 1. The van der Waals surface area contributed by atoms with E-state index in [1.54, 1.807) is 37.3 Å². The van der Waals surface area contributed by atoms with Crippen LogP contribution >= 0.6 is 11.3 Å². The first kappa shape index (κ1) is 136. The highest BCUT2D eigenvalue weighted by atomic mass is 32.1. The Hall–Kier alpha value is -9.37. The number of imidazole rings is 1. The molecule has 1 saturated heterocycles. The Morgan fingerprint density at radius 3 is 1.21 bits per heavy atom. The number of hydrogen-bond acceptors (Lipinski definition) is 13. The number of nitrogens with one attached hydrogen (secondary N) is 1. The number of H-pyrrole nitrogens is 1. The van der Waals surface area contributed by atoms with Gasteiger partial charge < -0.3 is 18.7 Å². The van der Waals surface area contributed by atoms with Crippen LogP contribution in [0.4, 0.5) is 0 Å². The van der Waals surface area contributed by atoms with Gasteiger partial charge >= 0.3 is 0 Å². The number of thiophene rings is 1. The van der Waals surface area contributed by atoms with Crippen LogP contribution in [0.5, 0.6) is 0 Å². The largest absolute Gasteiger partial charge is 0.469 e. The molecule has 13 rings (SSSR count). The van der Waals surface area contributed by atoms with Crippen molar-refractivity contribution in [3.05, 3.63) is 308 Å². The lowest BCUT2D eigenvalue weighted by atomic mass is 9.71. The second-order valence-electron chi connectivity index (χ2n) is 54.4. The molecule has 13 nitrogen and oxygen atoms in total. The minimum atomic E-state index is -0.200. The molecule has 0 amide bonds. The van der Waals surface area contributed by atoms with Gasteiger partial charge in [-0.3, -0.25) is 34.7 Å². The van der Waals surface area contributed by atoms with Gasteiger partial charge in [0.1, 0.15) is 23.6 Å². The van der Waals surface area contributed by atoms with Crippen LogP contribution in [0.25, 0.3) is 11.0 Å². The van der Waals surface area contributed by atoms with Gasteiger partial charge in [-0.2, -0.15) is 0 Å². The first-order valence-electron chi connectivity index (χ1n) is 52.8. The van der Waals surface area contributed by atoms with E-state index in [1.165, 1.54) is 78.9 Å². The standard InChI is InChI=1S/C15H24.C13H18O.C11H14N2.C11H17N.3C9H13N.C8H12N2.C8H16O.C8H12O.C8H12S.C8H18.C7H11NO.C7H16/c1-9-10(2)12(4)14(15(6,7)8)13(5)11(9)3;1-13(2,3)12(14)10-9-11-7-5-4-6-8-11;1-11(2,3)10-12-8-6-4-5-7-9(8)13-10;1-8-6-10(11(3,4)5)7-12-9(8)2;1-9(2,3)8-4-6-10-7-5-8;1-9(2,3)8-5-4-6-10-7-8;1-9(2,3)8-6-4-5-7-10-8;1-8(2,3)7-6-9-4-5-10-7;3*1-8(2,3)7-5-4-6-9-7;1-7(2,3)8(4,5)6;1-7(2,3)6-4-5-9-8-6;1-6(2)7(3,4)5/h1-8H3;4-8H,9-10H2,1-3H3;4-7H,1-3H3,(H,12,13);6-7H,1-5H3;3*4-7H,1-3H3;4-6H,1-3H3;7H,4-6H2,1-3H3;2*4-6H,1-3H3;1-6H3;4-5H,1-3H3;6H,1-5H3. The molecule has 0 bridgehead atoms. The molecular weight excluding hydrogens is 1800 g/mol. The average Bonchev–Trinajstić information content (AvgIpc) is 1.41. The van der Waals surface area contributed by atoms with Crippen LogP contribution in [0.3, 0.4) is 0 Å². The lowest BCUT2D eigenvalue weighted by Crippen LogP contribution is -2.25. The fraction of sp³-hybridized carbons (Fsp3) is 0.580. The number of aryl methyl sites for hydroxylation is 3. The SMILES string of the molecule is CC(C)(C)C(=O)CCc1ccccc1.CC(C)(C)C(C)(C)C.CC(C)(C)C1CCCO1.CC(C)(C)c1ccccn1.CC(C)(C)c1cccnc1.CC(C)(C)c1ccco1.CC(C)(C)c1cccs1.CC(C)(C)c1ccncc1.CC(C)(C)c1ccon1.CC(C)(C)c1cnccn1.CC(C)(C)c1nc2ccccc2[nH]1.CC(C)C(C)(C)C.Cc1c(C)c(C)c(C(C)(C)C)c(C)c1C.Cc1cc(C(C)(C)C)cnc1C. The van der Waals surface area contributed by atoms with Gasteiger partial charge in [-0.1, -0.05) is 397 Å². The molecular formula is C131H209N9O4S. The highest BCUT2D eigenvalue weighted by Crippen LogP contribution is 2.39. The van der Waals surface area contributed by atoms with Crippen LogP contribution in [0, 0.1) is 81.5 Å². The molecule has 14 heteroatoms. The highest BCUT2D eigenvalue weighted by molar-refractivity contribution is 7.10. The Morgan fingerprint density at radius 1 is 0.407 bits per heavy atom. The zero-order valence-electron chi connectivity index (χ0n) is 102. The summed E-state index contributed by atoms with van der Waals surface area (Å²) in [5.74, 6) is 3.23. The van der Waals surface area contributed by atoms with Crippen molar-refractivity contribution < 1.29 is 18.5 Å². The van der Waals surface area contributed by atoms with E-state index in [4.69, 9.17) is 13.7 Å². The predicted molar refractivity (Wildman–Crippen MR) is 632 cm³/mol. The number of Topliss-reactive ketones (excluding diaryl/α,β-unsaturated/α-hetero) is 1. The van der Waals surface area contributed by atoms with Crippen molar-refractivity contribution >= 4 is 28.2 Å². The van der Waals surface area contributed by atoms with Crippen molar-refractivity contribution in [3.8, 4) is 0 Å². The summed E-state index contributed by atoms with van der Waals surface area (Å²) in [6.45, 7) is 119. The molecule has 12 aromatic rings. The van der Waals surface area contributed by atoms with Crippen LogP contribution in [-0.2, 0) is 70.1 Å². The molecule has 9 aromatic heterocycles. The summed E-state index contributed by atoms with van der Waals surface area (Å²) in [6.07, 6.45) is 24.2. The van der Waals surface area contributed by atoms with Gasteiger partial charge in [0.2, 0.25) is 0 Å². The van der Waals surface area contributed by atoms with Crippen LogP contribution in [0.2, 0.25) is 0 Å². The summed E-state index contributed by atoms with van der Waals surface area (Å²) in [4.78, 5) is 45.7. The van der Waals surface area contributed by atoms with E-state index >= 15 is 0 Å². The number of hydrogen-bond donors (Lipinski definition) is 1. The maximum atomic E-state index is 11.6. The molecule has 1 aliphatic heterocycles. The number of para-hydroxylation sites is 2. The van der Waals surface area contributed by atoms with Crippen molar-refractivity contribution in [1.82, 2.24) is 45.0 Å². The molecule has 1 fully saturated rings. The molecule has 1 unspecified atom stereocenters. The fourth-order valence-corrected chi connectivity index (χ4v) is 13.5.